The summed E-state index contributed by atoms with van der Waals surface area (Å²) >= 11 is 0. The summed E-state index contributed by atoms with van der Waals surface area (Å²) in [5, 5.41) is 0. The number of benzene rings is 1. The Kier molecular flexibility index (Phi) is 7.94. The Balaban J connectivity index is 1.33. The molecule has 4 rings (SSSR count). The minimum absolute atomic E-state index is 0.0519. The predicted octanol–water partition coefficient (Wildman–Crippen LogP) is 2.38. The fraction of sp³-hybridized carbons (Fsp3) is 0.680. The fourth-order valence-corrected chi connectivity index (χ4v) is 6.52. The number of rotatable bonds is 8. The summed E-state index contributed by atoms with van der Waals surface area (Å²) in [5.74, 6) is 0.632. The van der Waals surface area contributed by atoms with Gasteiger partial charge in [-0.2, -0.15) is 0 Å². The van der Waals surface area contributed by atoms with Crippen molar-refractivity contribution >= 4 is 27.5 Å². The van der Waals surface area contributed by atoms with Crippen LogP contribution in [0.3, 0.4) is 0 Å². The van der Waals surface area contributed by atoms with E-state index in [2.05, 4.69) is 23.5 Å². The molecule has 1 atom stereocenters. The standard InChI is InChI=1S/C25H38N4O4S/c1-3-27-13-4-5-21(27)18-26-34(32,33)22-6-7-23-20(17-22)12-16-29(23)25(31)9-8-24(30)28-14-10-19(2)11-15-28/h6-7,17,19,21,26H,3-5,8-16,18H2,1-2H3/t21-/m1/s1. The second kappa shape index (κ2) is 10.7. The maximum Gasteiger partial charge on any atom is 0.240 e. The first-order valence-corrected chi connectivity index (χ1v) is 14.2. The second-order valence-corrected chi connectivity index (χ2v) is 11.7. The number of carbonyl (C=O) groups excluding carboxylic acids is 2. The molecule has 3 aliphatic rings. The number of piperidine rings is 1. The Bertz CT molecular complexity index is 1000. The SMILES string of the molecule is CCN1CCC[C@@H]1CNS(=O)(=O)c1ccc2c(c1)CCN2C(=O)CCC(=O)N1CCC(C)CC1. The minimum Gasteiger partial charge on any atom is -0.343 e. The van der Waals surface area contributed by atoms with Crippen LogP contribution in [0.15, 0.2) is 23.1 Å². The molecule has 34 heavy (non-hydrogen) atoms. The molecule has 9 heteroatoms. The third-order valence-corrected chi connectivity index (χ3v) is 9.08. The van der Waals surface area contributed by atoms with Gasteiger partial charge >= 0.3 is 0 Å². The van der Waals surface area contributed by atoms with E-state index in [4.69, 9.17) is 0 Å². The van der Waals surface area contributed by atoms with Crippen molar-refractivity contribution in [1.29, 1.82) is 0 Å². The summed E-state index contributed by atoms with van der Waals surface area (Å²) in [6.45, 7) is 8.76. The summed E-state index contributed by atoms with van der Waals surface area (Å²) in [5.41, 5.74) is 1.62. The molecule has 0 saturated carbocycles. The largest absolute Gasteiger partial charge is 0.343 e. The first kappa shape index (κ1) is 25.1. The lowest BCUT2D eigenvalue weighted by Gasteiger charge is -2.30. The monoisotopic (exact) mass is 490 g/mol. The van der Waals surface area contributed by atoms with Gasteiger partial charge in [0.25, 0.3) is 0 Å². The lowest BCUT2D eigenvalue weighted by atomic mass is 9.99. The van der Waals surface area contributed by atoms with Crippen molar-refractivity contribution in [3.63, 3.8) is 0 Å². The highest BCUT2D eigenvalue weighted by atomic mass is 32.2. The van der Waals surface area contributed by atoms with Gasteiger partial charge in [-0.25, -0.2) is 13.1 Å². The highest BCUT2D eigenvalue weighted by Crippen LogP contribution is 2.31. The van der Waals surface area contributed by atoms with Gasteiger partial charge in [0.05, 0.1) is 4.90 Å². The lowest BCUT2D eigenvalue weighted by Crippen LogP contribution is -2.40. The maximum absolute atomic E-state index is 12.9. The van der Waals surface area contributed by atoms with Crippen LogP contribution >= 0.6 is 0 Å². The van der Waals surface area contributed by atoms with Gasteiger partial charge in [-0.3, -0.25) is 14.5 Å². The second-order valence-electron chi connectivity index (χ2n) is 9.93. The molecule has 0 aliphatic carbocycles. The minimum atomic E-state index is -3.61. The number of likely N-dealkylation sites (N-methyl/N-ethyl adjacent to an activating group) is 1. The Hall–Kier alpha value is -1.97. The Morgan fingerprint density at radius 2 is 1.76 bits per heavy atom. The van der Waals surface area contributed by atoms with Crippen LogP contribution in [-0.4, -0.2) is 75.3 Å². The van der Waals surface area contributed by atoms with Crippen molar-refractivity contribution in [3.8, 4) is 0 Å². The lowest BCUT2D eigenvalue weighted by molar-refractivity contribution is -0.134. The van der Waals surface area contributed by atoms with Gasteiger partial charge in [0.15, 0.2) is 0 Å². The molecule has 2 fully saturated rings. The quantitative estimate of drug-likeness (QED) is 0.604. The van der Waals surface area contributed by atoms with Gasteiger partial charge in [-0.15, -0.1) is 0 Å². The zero-order valence-electron chi connectivity index (χ0n) is 20.5. The summed E-state index contributed by atoms with van der Waals surface area (Å²) in [7, 11) is -3.61. The molecule has 2 saturated heterocycles. The summed E-state index contributed by atoms with van der Waals surface area (Å²) < 4.78 is 28.6. The molecule has 1 N–H and O–H groups in total. The number of hydrogen-bond donors (Lipinski definition) is 1. The van der Waals surface area contributed by atoms with Crippen LogP contribution < -0.4 is 9.62 Å². The number of anilines is 1. The van der Waals surface area contributed by atoms with E-state index in [0.29, 0.717) is 25.4 Å². The number of amides is 2. The van der Waals surface area contributed by atoms with Gasteiger partial charge in [0.2, 0.25) is 21.8 Å². The normalized spacial score (nSPS) is 21.8. The van der Waals surface area contributed by atoms with Crippen LogP contribution in [0.4, 0.5) is 5.69 Å². The van der Waals surface area contributed by atoms with Crippen LogP contribution in [0.1, 0.15) is 57.9 Å². The number of nitrogens with zero attached hydrogens (tertiary/aromatic N) is 3. The van der Waals surface area contributed by atoms with Crippen molar-refractivity contribution < 1.29 is 18.0 Å². The molecule has 1 aromatic rings. The van der Waals surface area contributed by atoms with E-state index in [1.165, 1.54) is 0 Å². The van der Waals surface area contributed by atoms with Crippen molar-refractivity contribution in [2.45, 2.75) is 69.7 Å². The molecule has 0 spiro atoms. The molecule has 0 bridgehead atoms. The Morgan fingerprint density at radius 1 is 1.03 bits per heavy atom. The molecule has 0 unspecified atom stereocenters. The average molecular weight is 491 g/mol. The van der Waals surface area contributed by atoms with E-state index in [9.17, 15) is 18.0 Å². The molecule has 2 amide bonds. The van der Waals surface area contributed by atoms with Gasteiger partial charge < -0.3 is 9.80 Å². The van der Waals surface area contributed by atoms with Crippen LogP contribution in [0.25, 0.3) is 0 Å². The Labute approximate surface area is 203 Å². The average Bonchev–Trinajstić information content (AvgIpc) is 3.47. The molecular weight excluding hydrogens is 452 g/mol. The fourth-order valence-electron chi connectivity index (χ4n) is 5.40. The van der Waals surface area contributed by atoms with Crippen LogP contribution in [0.5, 0.6) is 0 Å². The smallest absolute Gasteiger partial charge is 0.240 e. The van der Waals surface area contributed by atoms with E-state index in [1.807, 2.05) is 4.90 Å². The molecular formula is C25H38N4O4S. The highest BCUT2D eigenvalue weighted by Gasteiger charge is 2.29. The van der Waals surface area contributed by atoms with E-state index in [0.717, 1.165) is 63.1 Å². The number of fused-ring (bicyclic) bond motifs is 1. The molecule has 0 aromatic heterocycles. The van der Waals surface area contributed by atoms with E-state index in [-0.39, 0.29) is 35.6 Å². The van der Waals surface area contributed by atoms with E-state index in [1.54, 1.807) is 23.1 Å². The van der Waals surface area contributed by atoms with Gasteiger partial charge in [0.1, 0.15) is 0 Å². The topological polar surface area (TPSA) is 90.0 Å². The molecule has 1 aromatic carbocycles. The number of nitrogens with one attached hydrogen (secondary N) is 1. The van der Waals surface area contributed by atoms with Gasteiger partial charge in [-0.1, -0.05) is 13.8 Å². The predicted molar refractivity (Wildman–Crippen MR) is 132 cm³/mol. The third kappa shape index (κ3) is 5.63. The molecule has 188 valence electrons. The van der Waals surface area contributed by atoms with Crippen molar-refractivity contribution in [1.82, 2.24) is 14.5 Å². The number of carbonyl (C=O) groups is 2. The molecule has 0 radical (unpaired) electrons. The Morgan fingerprint density at radius 3 is 2.50 bits per heavy atom. The number of sulfonamides is 1. The number of hydrogen-bond acceptors (Lipinski definition) is 5. The summed E-state index contributed by atoms with van der Waals surface area (Å²) in [4.78, 5) is 31.5. The van der Waals surface area contributed by atoms with Gasteiger partial charge in [0, 0.05) is 50.7 Å². The summed E-state index contributed by atoms with van der Waals surface area (Å²) in [6.07, 6.45) is 5.19. The van der Waals surface area contributed by atoms with E-state index < -0.39 is 10.0 Å². The molecule has 3 heterocycles. The number of likely N-dealkylation sites (tertiary alicyclic amines) is 2. The first-order chi connectivity index (χ1) is 16.3. The molecule has 8 nitrogen and oxygen atoms in total. The van der Waals surface area contributed by atoms with Crippen molar-refractivity contribution in [2.24, 2.45) is 5.92 Å². The van der Waals surface area contributed by atoms with Crippen molar-refractivity contribution in [3.05, 3.63) is 23.8 Å². The van der Waals surface area contributed by atoms with Gasteiger partial charge in [-0.05, 0) is 74.9 Å². The van der Waals surface area contributed by atoms with Crippen LogP contribution in [-0.2, 0) is 26.0 Å². The zero-order valence-corrected chi connectivity index (χ0v) is 21.3. The van der Waals surface area contributed by atoms with Crippen LogP contribution in [0.2, 0.25) is 0 Å². The highest BCUT2D eigenvalue weighted by molar-refractivity contribution is 7.89. The first-order valence-electron chi connectivity index (χ1n) is 12.7. The maximum atomic E-state index is 12.9. The van der Waals surface area contributed by atoms with Crippen LogP contribution in [0, 0.1) is 5.92 Å². The van der Waals surface area contributed by atoms with Crippen molar-refractivity contribution in [2.75, 3.05) is 44.2 Å². The van der Waals surface area contributed by atoms with E-state index >= 15 is 0 Å². The zero-order chi connectivity index (χ0) is 24.3. The third-order valence-electron chi connectivity index (χ3n) is 7.66. The molecule has 3 aliphatic heterocycles. The summed E-state index contributed by atoms with van der Waals surface area (Å²) in [6, 6.07) is 5.26.